The molecule has 0 saturated heterocycles. The summed E-state index contributed by atoms with van der Waals surface area (Å²) < 4.78 is 0. The maximum absolute atomic E-state index is 11.7. The predicted octanol–water partition coefficient (Wildman–Crippen LogP) is 4.11. The summed E-state index contributed by atoms with van der Waals surface area (Å²) in [5, 5.41) is 4.72. The Labute approximate surface area is 140 Å². The van der Waals surface area contributed by atoms with Crippen LogP contribution in [0.15, 0.2) is 23.1 Å². The van der Waals surface area contributed by atoms with Gasteiger partial charge < -0.3 is 11.1 Å². The average molecular weight is 349 g/mol. The minimum Gasteiger partial charge on any atom is -0.368 e. The Morgan fingerprint density at radius 2 is 2.14 bits per heavy atom. The van der Waals surface area contributed by atoms with E-state index < -0.39 is 5.54 Å². The molecule has 1 rings (SSSR count). The monoisotopic (exact) mass is 348 g/mol. The van der Waals surface area contributed by atoms with Gasteiger partial charge in [0.1, 0.15) is 0 Å². The second kappa shape index (κ2) is 8.28. The van der Waals surface area contributed by atoms with Gasteiger partial charge in [-0.1, -0.05) is 37.0 Å². The Hall–Kier alpha value is -0.420. The van der Waals surface area contributed by atoms with Crippen molar-refractivity contribution >= 4 is 40.9 Å². The molecule has 1 aromatic rings. The van der Waals surface area contributed by atoms with Crippen LogP contribution in [-0.4, -0.2) is 23.2 Å². The van der Waals surface area contributed by atoms with E-state index in [-0.39, 0.29) is 11.2 Å². The number of hydrogen-bond acceptors (Lipinski definition) is 3. The minimum absolute atomic E-state index is 0.169. The molecule has 0 saturated carbocycles. The van der Waals surface area contributed by atoms with Crippen molar-refractivity contribution in [3.63, 3.8) is 0 Å². The van der Waals surface area contributed by atoms with Gasteiger partial charge in [0.2, 0.25) is 5.91 Å². The van der Waals surface area contributed by atoms with Crippen LogP contribution in [0, 0.1) is 0 Å². The smallest absolute Gasteiger partial charge is 0.237 e. The van der Waals surface area contributed by atoms with Crippen LogP contribution in [0.5, 0.6) is 0 Å². The van der Waals surface area contributed by atoms with Crippen molar-refractivity contribution in [2.75, 3.05) is 6.54 Å². The molecule has 3 N–H and O–H groups in total. The Kier molecular flexibility index (Phi) is 7.34. The zero-order chi connectivity index (χ0) is 16.0. The molecule has 0 aliphatic heterocycles. The highest BCUT2D eigenvalue weighted by Crippen LogP contribution is 2.35. The Balaban J connectivity index is 2.76. The van der Waals surface area contributed by atoms with E-state index in [9.17, 15) is 4.79 Å². The first-order valence-electron chi connectivity index (χ1n) is 6.95. The summed E-state index contributed by atoms with van der Waals surface area (Å²) >= 11 is 13.8. The summed E-state index contributed by atoms with van der Waals surface area (Å²) in [6.07, 6.45) is 1.57. The number of nitrogens with two attached hydrogens (primary N) is 1. The lowest BCUT2D eigenvalue weighted by Gasteiger charge is -2.30. The molecule has 1 amide bonds. The van der Waals surface area contributed by atoms with Gasteiger partial charge in [0.25, 0.3) is 0 Å². The lowest BCUT2D eigenvalue weighted by atomic mass is 9.95. The molecule has 6 heteroatoms. The van der Waals surface area contributed by atoms with E-state index in [1.165, 1.54) is 0 Å². The number of thioether (sulfide) groups is 1. The van der Waals surface area contributed by atoms with Gasteiger partial charge in [-0.15, -0.1) is 11.8 Å². The van der Waals surface area contributed by atoms with Gasteiger partial charge in [0, 0.05) is 15.2 Å². The minimum atomic E-state index is -0.715. The number of primary amides is 1. The summed E-state index contributed by atoms with van der Waals surface area (Å²) in [4.78, 5) is 12.7. The van der Waals surface area contributed by atoms with Gasteiger partial charge in [-0.05, 0) is 44.5 Å². The van der Waals surface area contributed by atoms with Crippen LogP contribution in [0.1, 0.15) is 33.6 Å². The van der Waals surface area contributed by atoms with Crippen LogP contribution in [0.2, 0.25) is 10.0 Å². The van der Waals surface area contributed by atoms with E-state index in [4.69, 9.17) is 28.9 Å². The fraction of sp³-hybridized carbons (Fsp3) is 0.533. The number of carbonyl (C=O) groups excluding carboxylic acids is 1. The van der Waals surface area contributed by atoms with Crippen molar-refractivity contribution < 1.29 is 4.79 Å². The highest BCUT2D eigenvalue weighted by molar-refractivity contribution is 8.00. The summed E-state index contributed by atoms with van der Waals surface area (Å²) in [7, 11) is 0. The highest BCUT2D eigenvalue weighted by Gasteiger charge is 2.32. The van der Waals surface area contributed by atoms with E-state index in [1.54, 1.807) is 23.9 Å². The molecule has 3 nitrogen and oxygen atoms in total. The third kappa shape index (κ3) is 5.70. The first-order valence-corrected chi connectivity index (χ1v) is 8.58. The SMILES string of the molecule is CCCNC(C)(CC(C)Sc1cc(Cl)ccc1Cl)C(N)=O. The van der Waals surface area contributed by atoms with E-state index in [0.29, 0.717) is 16.5 Å². The molecule has 0 aliphatic rings. The molecule has 2 unspecified atom stereocenters. The first-order chi connectivity index (χ1) is 9.78. The molecule has 0 bridgehead atoms. The number of carbonyl (C=O) groups is 1. The third-order valence-corrected chi connectivity index (χ3v) is 5.06. The van der Waals surface area contributed by atoms with Crippen LogP contribution >= 0.6 is 35.0 Å². The van der Waals surface area contributed by atoms with Crippen molar-refractivity contribution in [1.82, 2.24) is 5.32 Å². The molecular formula is C15H22Cl2N2OS. The van der Waals surface area contributed by atoms with E-state index >= 15 is 0 Å². The summed E-state index contributed by atoms with van der Waals surface area (Å²) in [5.74, 6) is -0.333. The topological polar surface area (TPSA) is 55.1 Å². The van der Waals surface area contributed by atoms with Crippen molar-refractivity contribution in [3.8, 4) is 0 Å². The summed E-state index contributed by atoms with van der Waals surface area (Å²) in [6.45, 7) is 6.71. The summed E-state index contributed by atoms with van der Waals surface area (Å²) in [6, 6.07) is 5.38. The first kappa shape index (κ1) is 18.6. The Morgan fingerprint density at radius 3 is 2.71 bits per heavy atom. The molecule has 0 aromatic heterocycles. The average Bonchev–Trinajstić information content (AvgIpc) is 2.40. The fourth-order valence-corrected chi connectivity index (χ4v) is 3.78. The molecule has 118 valence electrons. The maximum atomic E-state index is 11.7. The molecule has 21 heavy (non-hydrogen) atoms. The van der Waals surface area contributed by atoms with E-state index in [1.807, 2.05) is 13.0 Å². The maximum Gasteiger partial charge on any atom is 0.237 e. The number of halogens is 2. The predicted molar refractivity (Wildman–Crippen MR) is 92.3 cm³/mol. The van der Waals surface area contributed by atoms with Gasteiger partial charge in [-0.2, -0.15) is 0 Å². The highest BCUT2D eigenvalue weighted by atomic mass is 35.5. The zero-order valence-corrected chi connectivity index (χ0v) is 14.9. The normalized spacial score (nSPS) is 15.5. The van der Waals surface area contributed by atoms with Crippen LogP contribution in [0.4, 0.5) is 0 Å². The van der Waals surface area contributed by atoms with Gasteiger partial charge in [0.05, 0.1) is 10.6 Å². The quantitative estimate of drug-likeness (QED) is 0.695. The zero-order valence-electron chi connectivity index (χ0n) is 12.6. The van der Waals surface area contributed by atoms with Crippen molar-refractivity contribution in [2.45, 2.75) is 49.3 Å². The van der Waals surface area contributed by atoms with Crippen LogP contribution in [0.3, 0.4) is 0 Å². The van der Waals surface area contributed by atoms with Crippen LogP contribution < -0.4 is 11.1 Å². The molecule has 0 radical (unpaired) electrons. The lowest BCUT2D eigenvalue weighted by molar-refractivity contribution is -0.124. The number of benzene rings is 1. The molecular weight excluding hydrogens is 327 g/mol. The van der Waals surface area contributed by atoms with E-state index in [2.05, 4.69) is 19.2 Å². The van der Waals surface area contributed by atoms with Gasteiger partial charge >= 0.3 is 0 Å². The van der Waals surface area contributed by atoms with Gasteiger partial charge in [-0.25, -0.2) is 0 Å². The van der Waals surface area contributed by atoms with Gasteiger partial charge in [0.15, 0.2) is 0 Å². The van der Waals surface area contributed by atoms with E-state index in [0.717, 1.165) is 17.9 Å². The number of rotatable bonds is 8. The molecule has 1 aromatic carbocycles. The van der Waals surface area contributed by atoms with Crippen LogP contribution in [0.25, 0.3) is 0 Å². The molecule has 2 atom stereocenters. The molecule has 0 aliphatic carbocycles. The number of hydrogen-bond donors (Lipinski definition) is 2. The third-order valence-electron chi connectivity index (χ3n) is 3.23. The second-order valence-electron chi connectivity index (χ2n) is 5.33. The lowest BCUT2D eigenvalue weighted by Crippen LogP contribution is -2.54. The van der Waals surface area contributed by atoms with Crippen molar-refractivity contribution in [3.05, 3.63) is 28.2 Å². The molecule has 0 fully saturated rings. The summed E-state index contributed by atoms with van der Waals surface area (Å²) in [5.41, 5.74) is 4.83. The number of nitrogens with one attached hydrogen (secondary N) is 1. The van der Waals surface area contributed by atoms with Crippen molar-refractivity contribution in [1.29, 1.82) is 0 Å². The molecule has 0 spiro atoms. The fourth-order valence-electron chi connectivity index (χ4n) is 2.06. The molecule has 0 heterocycles. The van der Waals surface area contributed by atoms with Crippen LogP contribution in [-0.2, 0) is 4.79 Å². The van der Waals surface area contributed by atoms with Crippen molar-refractivity contribution in [2.24, 2.45) is 5.73 Å². The second-order valence-corrected chi connectivity index (χ2v) is 7.65. The standard InChI is InChI=1S/C15H22Cl2N2OS/c1-4-7-19-15(3,14(18)20)9-10(2)21-13-8-11(16)5-6-12(13)17/h5-6,8,10,19H,4,7,9H2,1-3H3,(H2,18,20). The Bertz CT molecular complexity index is 499. The largest absolute Gasteiger partial charge is 0.368 e. The number of amides is 1. The Morgan fingerprint density at radius 1 is 1.48 bits per heavy atom. The van der Waals surface area contributed by atoms with Gasteiger partial charge in [-0.3, -0.25) is 4.79 Å².